The van der Waals surface area contributed by atoms with E-state index in [2.05, 4.69) is 13.8 Å². The highest BCUT2D eigenvalue weighted by Crippen LogP contribution is 2.66. The fraction of sp³-hybridized carbons (Fsp3) is 0.857. The highest BCUT2D eigenvalue weighted by Gasteiger charge is 2.63. The van der Waals surface area contributed by atoms with Crippen molar-refractivity contribution in [3.63, 3.8) is 0 Å². The van der Waals surface area contributed by atoms with Crippen molar-refractivity contribution < 1.29 is 9.53 Å². The zero-order valence-electron chi connectivity index (χ0n) is 10.8. The summed E-state index contributed by atoms with van der Waals surface area (Å²) >= 11 is 0. The zero-order valence-corrected chi connectivity index (χ0v) is 10.8. The second-order valence-electron chi connectivity index (χ2n) is 7.04. The first-order chi connectivity index (χ1) is 7.85. The molecule has 0 aromatic heterocycles. The first kappa shape index (κ1) is 11.2. The summed E-state index contributed by atoms with van der Waals surface area (Å²) in [7, 11) is 0. The molecule has 1 N–H and O–H groups in total. The number of hydrogen-bond donors (Lipinski definition) is 1. The van der Waals surface area contributed by atoms with E-state index in [1.165, 1.54) is 0 Å². The molecule has 0 aromatic rings. The Hall–Kier alpha value is -0.860. The van der Waals surface area contributed by atoms with Gasteiger partial charge in [-0.2, -0.15) is 0 Å². The summed E-state index contributed by atoms with van der Waals surface area (Å²) in [6.07, 6.45) is 6.74. The van der Waals surface area contributed by atoms with Gasteiger partial charge in [-0.05, 0) is 44.9 Å². The minimum Gasteiger partial charge on any atom is -0.475 e. The standard InChI is InChI=1S/C14H21NO2/c1-12(2)7-14(11(15)17-12)8-13(9-14)5-3-10(16)4-6-13/h15H,3-9H2,1-2H3. The van der Waals surface area contributed by atoms with Gasteiger partial charge < -0.3 is 4.74 Å². The van der Waals surface area contributed by atoms with Crippen LogP contribution >= 0.6 is 0 Å². The van der Waals surface area contributed by atoms with Crippen LogP contribution in [-0.4, -0.2) is 17.3 Å². The quantitative estimate of drug-likeness (QED) is 0.701. The number of carbonyl (C=O) groups excluding carboxylic acids is 1. The van der Waals surface area contributed by atoms with E-state index in [4.69, 9.17) is 10.1 Å². The zero-order chi connectivity index (χ0) is 12.3. The molecule has 0 atom stereocenters. The lowest BCUT2D eigenvalue weighted by Gasteiger charge is -2.55. The van der Waals surface area contributed by atoms with E-state index in [1.807, 2.05) is 0 Å². The molecule has 0 bridgehead atoms. The molecule has 17 heavy (non-hydrogen) atoms. The van der Waals surface area contributed by atoms with Crippen molar-refractivity contribution in [2.45, 2.75) is 64.4 Å². The summed E-state index contributed by atoms with van der Waals surface area (Å²) < 4.78 is 5.68. The van der Waals surface area contributed by atoms with Crippen LogP contribution in [0.5, 0.6) is 0 Å². The maximum Gasteiger partial charge on any atom is 0.187 e. The van der Waals surface area contributed by atoms with Crippen LogP contribution in [-0.2, 0) is 9.53 Å². The number of carbonyl (C=O) groups is 1. The summed E-state index contributed by atoms with van der Waals surface area (Å²) in [6, 6.07) is 0. The van der Waals surface area contributed by atoms with Gasteiger partial charge in [-0.1, -0.05) is 0 Å². The summed E-state index contributed by atoms with van der Waals surface area (Å²) in [4.78, 5) is 11.3. The molecule has 2 saturated carbocycles. The Labute approximate surface area is 102 Å². The predicted octanol–water partition coefficient (Wildman–Crippen LogP) is 3.07. The highest BCUT2D eigenvalue weighted by atomic mass is 16.5. The van der Waals surface area contributed by atoms with Crippen molar-refractivity contribution in [3.8, 4) is 0 Å². The molecular formula is C14H21NO2. The van der Waals surface area contributed by atoms with Gasteiger partial charge in [-0.3, -0.25) is 10.2 Å². The Morgan fingerprint density at radius 1 is 1.12 bits per heavy atom. The highest BCUT2D eigenvalue weighted by molar-refractivity contribution is 5.84. The molecule has 0 radical (unpaired) electrons. The Balaban J connectivity index is 1.72. The van der Waals surface area contributed by atoms with Crippen LogP contribution < -0.4 is 0 Å². The second kappa shape index (κ2) is 3.12. The van der Waals surface area contributed by atoms with Gasteiger partial charge in [-0.15, -0.1) is 0 Å². The third-order valence-electron chi connectivity index (χ3n) is 4.92. The molecule has 94 valence electrons. The van der Waals surface area contributed by atoms with Gasteiger partial charge in [0.2, 0.25) is 0 Å². The maximum atomic E-state index is 11.3. The van der Waals surface area contributed by atoms with Gasteiger partial charge in [0.05, 0.1) is 5.41 Å². The van der Waals surface area contributed by atoms with Crippen LogP contribution in [0.4, 0.5) is 0 Å². The minimum absolute atomic E-state index is 0.0177. The number of nitrogens with one attached hydrogen (secondary N) is 1. The van der Waals surface area contributed by atoms with E-state index < -0.39 is 0 Å². The second-order valence-corrected chi connectivity index (χ2v) is 7.04. The molecule has 1 saturated heterocycles. The summed E-state index contributed by atoms with van der Waals surface area (Å²) in [5.74, 6) is 0.930. The summed E-state index contributed by atoms with van der Waals surface area (Å²) in [5, 5.41) is 8.06. The lowest BCUT2D eigenvalue weighted by Crippen LogP contribution is -2.50. The van der Waals surface area contributed by atoms with Gasteiger partial charge in [-0.25, -0.2) is 0 Å². The molecule has 0 unspecified atom stereocenters. The van der Waals surface area contributed by atoms with Gasteiger partial charge in [0.1, 0.15) is 11.4 Å². The smallest absolute Gasteiger partial charge is 0.187 e. The first-order valence-electron chi connectivity index (χ1n) is 6.65. The SMILES string of the molecule is CC1(C)CC2(CC3(CCC(=O)CC3)C2)C(=N)O1. The lowest BCUT2D eigenvalue weighted by atomic mass is 9.47. The van der Waals surface area contributed by atoms with E-state index in [0.717, 1.165) is 44.9 Å². The third-order valence-corrected chi connectivity index (χ3v) is 4.92. The summed E-state index contributed by atoms with van der Waals surface area (Å²) in [6.45, 7) is 4.15. The van der Waals surface area contributed by atoms with Gasteiger partial charge in [0.25, 0.3) is 0 Å². The van der Waals surface area contributed by atoms with Crippen LogP contribution in [0.2, 0.25) is 0 Å². The number of rotatable bonds is 0. The summed E-state index contributed by atoms with van der Waals surface area (Å²) in [5.41, 5.74) is 0.219. The lowest BCUT2D eigenvalue weighted by molar-refractivity contribution is -0.126. The number of ketones is 1. The molecule has 0 amide bonds. The van der Waals surface area contributed by atoms with Crippen LogP contribution in [0, 0.1) is 16.2 Å². The predicted molar refractivity (Wildman–Crippen MR) is 65.1 cm³/mol. The van der Waals surface area contributed by atoms with Gasteiger partial charge in [0.15, 0.2) is 5.90 Å². The Kier molecular flexibility index (Phi) is 2.06. The monoisotopic (exact) mass is 235 g/mol. The molecule has 3 fully saturated rings. The molecule has 1 aliphatic heterocycles. The molecular weight excluding hydrogens is 214 g/mol. The Bertz CT molecular complexity index is 379. The van der Waals surface area contributed by atoms with E-state index in [1.54, 1.807) is 0 Å². The third kappa shape index (κ3) is 1.62. The molecule has 3 heteroatoms. The van der Waals surface area contributed by atoms with Crippen LogP contribution in [0.15, 0.2) is 0 Å². The molecule has 2 aliphatic carbocycles. The topological polar surface area (TPSA) is 50.2 Å². The van der Waals surface area contributed by atoms with Crippen molar-refractivity contribution in [1.82, 2.24) is 0 Å². The van der Waals surface area contributed by atoms with E-state index >= 15 is 0 Å². The average Bonchev–Trinajstić information content (AvgIpc) is 2.40. The fourth-order valence-corrected chi connectivity index (χ4v) is 4.40. The van der Waals surface area contributed by atoms with Crippen molar-refractivity contribution in [1.29, 1.82) is 5.41 Å². The van der Waals surface area contributed by atoms with Gasteiger partial charge >= 0.3 is 0 Å². The minimum atomic E-state index is -0.164. The first-order valence-corrected chi connectivity index (χ1v) is 6.65. The molecule has 0 aromatic carbocycles. The number of Topliss-reactive ketones (excluding diaryl/α,β-unsaturated/α-hetero) is 1. The Morgan fingerprint density at radius 2 is 1.71 bits per heavy atom. The van der Waals surface area contributed by atoms with Gasteiger partial charge in [0, 0.05) is 19.3 Å². The van der Waals surface area contributed by atoms with E-state index in [0.29, 0.717) is 17.1 Å². The largest absolute Gasteiger partial charge is 0.475 e. The average molecular weight is 235 g/mol. The molecule has 2 spiro atoms. The number of hydrogen-bond acceptors (Lipinski definition) is 3. The van der Waals surface area contributed by atoms with Crippen molar-refractivity contribution in [2.75, 3.05) is 0 Å². The van der Waals surface area contributed by atoms with Crippen molar-refractivity contribution >= 4 is 11.7 Å². The maximum absolute atomic E-state index is 11.3. The number of ether oxygens (including phenoxy) is 1. The fourth-order valence-electron chi connectivity index (χ4n) is 4.40. The molecule has 1 heterocycles. The van der Waals surface area contributed by atoms with Crippen LogP contribution in [0.25, 0.3) is 0 Å². The van der Waals surface area contributed by atoms with Crippen molar-refractivity contribution in [2.24, 2.45) is 10.8 Å². The normalized spacial score (nSPS) is 32.6. The van der Waals surface area contributed by atoms with E-state index in [9.17, 15) is 4.79 Å². The molecule has 3 nitrogen and oxygen atoms in total. The molecule has 3 rings (SSSR count). The van der Waals surface area contributed by atoms with Crippen molar-refractivity contribution in [3.05, 3.63) is 0 Å². The van der Waals surface area contributed by atoms with Crippen LogP contribution in [0.3, 0.4) is 0 Å². The van der Waals surface area contributed by atoms with Crippen LogP contribution in [0.1, 0.15) is 58.8 Å². The molecule has 3 aliphatic rings. The Morgan fingerprint density at radius 3 is 2.18 bits per heavy atom. The van der Waals surface area contributed by atoms with E-state index in [-0.39, 0.29) is 11.0 Å².